The van der Waals surface area contributed by atoms with E-state index in [1.54, 1.807) is 85.1 Å². The first-order valence-electron chi connectivity index (χ1n) is 21.6. The first-order chi connectivity index (χ1) is 31.3. The monoisotopic (exact) mass is 887 g/mol. The summed E-state index contributed by atoms with van der Waals surface area (Å²) in [5, 5.41) is 11.4. The zero-order valence-electron chi connectivity index (χ0n) is 36.8. The van der Waals surface area contributed by atoms with Crippen LogP contribution in [0.15, 0.2) is 121 Å². The third-order valence-corrected chi connectivity index (χ3v) is 10.8. The fourth-order valence-electron chi connectivity index (χ4n) is 7.11. The molecule has 0 aliphatic rings. The normalized spacial score (nSPS) is 13.2. The minimum atomic E-state index is -1.55. The maximum absolute atomic E-state index is 14.7. The summed E-state index contributed by atoms with van der Waals surface area (Å²) in [5.74, 6) is -4.60. The first kappa shape index (κ1) is 48.5. The Kier molecular flexibility index (Phi) is 18.2. The molecular formula is C49H57N7O9. The van der Waals surface area contributed by atoms with Crippen LogP contribution < -0.4 is 27.0 Å². The molecule has 0 unspecified atom stereocenters. The van der Waals surface area contributed by atoms with Crippen LogP contribution in [0.2, 0.25) is 0 Å². The van der Waals surface area contributed by atoms with Gasteiger partial charge in [0.05, 0.1) is 6.42 Å². The molecule has 0 bridgehead atoms. The molecule has 5 atom stereocenters. The molecule has 5 aromatic rings. The molecule has 0 aliphatic heterocycles. The number of carbonyl (C=O) groups excluding carboxylic acids is 7. The SMILES string of the molecule is CCCC[C@@H](C(=O)N[C@@H](CC(=O)OCc1ccccc1)C(=O)N[C@@H](Cc1ccccc1)C(N)=O)N(C)C(=O)[C@H](Cc1c[nH]c2ccccc12)NC(=O)[C@@H](C)NC(=O)OCc1ccccc1. The smallest absolute Gasteiger partial charge is 0.408 e. The molecule has 0 radical (unpaired) electrons. The Morgan fingerprint density at radius 3 is 1.82 bits per heavy atom. The van der Waals surface area contributed by atoms with E-state index >= 15 is 0 Å². The molecule has 0 spiro atoms. The minimum absolute atomic E-state index is 0.000420. The number of aromatic nitrogens is 1. The molecular weight excluding hydrogens is 831 g/mol. The number of carbonyl (C=O) groups is 7. The van der Waals surface area contributed by atoms with E-state index in [4.69, 9.17) is 15.2 Å². The van der Waals surface area contributed by atoms with Gasteiger partial charge in [0.25, 0.3) is 0 Å². The third-order valence-electron chi connectivity index (χ3n) is 10.8. The molecule has 1 aromatic heterocycles. The number of alkyl carbamates (subject to hydrolysis) is 1. The van der Waals surface area contributed by atoms with Crippen LogP contribution in [-0.4, -0.2) is 88.7 Å². The molecule has 7 N–H and O–H groups in total. The first-order valence-corrected chi connectivity index (χ1v) is 21.6. The third kappa shape index (κ3) is 14.8. The fourth-order valence-corrected chi connectivity index (χ4v) is 7.11. The van der Waals surface area contributed by atoms with Crippen LogP contribution in [-0.2, 0) is 64.3 Å². The van der Waals surface area contributed by atoms with E-state index in [0.717, 1.165) is 16.5 Å². The number of amides is 6. The van der Waals surface area contributed by atoms with Crippen LogP contribution in [0.1, 0.15) is 61.8 Å². The number of esters is 1. The quantitative estimate of drug-likeness (QED) is 0.0511. The van der Waals surface area contributed by atoms with Crippen molar-refractivity contribution in [1.82, 2.24) is 31.2 Å². The van der Waals surface area contributed by atoms with Crippen molar-refractivity contribution in [2.24, 2.45) is 5.73 Å². The number of hydrogen-bond acceptors (Lipinski definition) is 9. The summed E-state index contributed by atoms with van der Waals surface area (Å²) in [6.07, 6.45) is 1.60. The van der Waals surface area contributed by atoms with Crippen molar-refractivity contribution in [3.8, 4) is 0 Å². The zero-order chi connectivity index (χ0) is 46.7. The lowest BCUT2D eigenvalue weighted by Crippen LogP contribution is -2.59. The second-order valence-electron chi connectivity index (χ2n) is 15.7. The Morgan fingerprint density at radius 2 is 1.20 bits per heavy atom. The van der Waals surface area contributed by atoms with Crippen LogP contribution in [0, 0.1) is 0 Å². The number of hydrogen-bond donors (Lipinski definition) is 6. The van der Waals surface area contributed by atoms with Gasteiger partial charge in [-0.2, -0.15) is 0 Å². The lowest BCUT2D eigenvalue weighted by atomic mass is 10.0. The van der Waals surface area contributed by atoms with Gasteiger partial charge in [-0.1, -0.05) is 129 Å². The van der Waals surface area contributed by atoms with E-state index in [0.29, 0.717) is 29.5 Å². The second-order valence-corrected chi connectivity index (χ2v) is 15.7. The molecule has 1 heterocycles. The maximum atomic E-state index is 14.7. The highest BCUT2D eigenvalue weighted by molar-refractivity contribution is 5.97. The molecule has 0 saturated carbocycles. The van der Waals surface area contributed by atoms with E-state index in [1.165, 1.54) is 18.9 Å². The topological polar surface area (TPSA) is 231 Å². The van der Waals surface area contributed by atoms with Gasteiger partial charge in [-0.25, -0.2) is 4.79 Å². The number of para-hydroxylation sites is 1. The van der Waals surface area contributed by atoms with E-state index < -0.39 is 78.2 Å². The number of unbranched alkanes of at least 4 members (excludes halogenated alkanes) is 1. The summed E-state index contributed by atoms with van der Waals surface area (Å²) in [7, 11) is 1.42. The van der Waals surface area contributed by atoms with Crippen molar-refractivity contribution >= 4 is 52.5 Å². The highest BCUT2D eigenvalue weighted by Crippen LogP contribution is 2.21. The van der Waals surface area contributed by atoms with Gasteiger partial charge in [0.15, 0.2) is 0 Å². The number of nitrogens with zero attached hydrogens (tertiary/aromatic N) is 1. The number of ether oxygens (including phenoxy) is 2. The van der Waals surface area contributed by atoms with Crippen LogP contribution in [0.3, 0.4) is 0 Å². The Hall–Kier alpha value is -7.49. The standard InChI is InChI=1S/C49H57N7O9/c1-4-5-25-42(47(61)54-40(28-43(57)64-30-34-19-11-7-12-20-34)46(60)53-39(44(50)58)26-33-17-9-6-10-18-33)56(3)48(62)41(27-36-29-51-38-24-16-15-23-37(36)38)55-45(59)32(2)52-49(63)65-31-35-21-13-8-14-22-35/h6-24,29,32,39-42,51H,4-5,25-28,30-31H2,1-3H3,(H2,50,58)(H,52,63)(H,53,60)(H,54,61)(H,55,59)/t32-,39+,40+,41+,42+/m1/s1. The van der Waals surface area contributed by atoms with Gasteiger partial charge in [-0.05, 0) is 41.7 Å². The van der Waals surface area contributed by atoms with Gasteiger partial charge >= 0.3 is 12.1 Å². The molecule has 0 aliphatic carbocycles. The van der Waals surface area contributed by atoms with Crippen LogP contribution in [0.25, 0.3) is 10.9 Å². The number of primary amides is 1. The summed E-state index contributed by atoms with van der Waals surface area (Å²) >= 11 is 0. The Morgan fingerprint density at radius 1 is 0.646 bits per heavy atom. The summed E-state index contributed by atoms with van der Waals surface area (Å²) in [6.45, 7) is 3.24. The van der Waals surface area contributed by atoms with Crippen molar-refractivity contribution in [1.29, 1.82) is 0 Å². The number of nitrogens with one attached hydrogen (secondary N) is 5. The van der Waals surface area contributed by atoms with Crippen molar-refractivity contribution in [2.75, 3.05) is 7.05 Å². The largest absolute Gasteiger partial charge is 0.461 e. The lowest BCUT2D eigenvalue weighted by molar-refractivity contribution is -0.148. The fraction of sp³-hybridized carbons (Fsp3) is 0.327. The Bertz CT molecular complexity index is 2380. The predicted octanol–water partition coefficient (Wildman–Crippen LogP) is 4.36. The van der Waals surface area contributed by atoms with Gasteiger partial charge in [0, 0.05) is 37.0 Å². The van der Waals surface area contributed by atoms with E-state index in [1.807, 2.05) is 43.3 Å². The highest BCUT2D eigenvalue weighted by Gasteiger charge is 2.36. The molecule has 6 amide bonds. The molecule has 0 saturated heterocycles. The Balaban J connectivity index is 1.36. The number of likely N-dealkylation sites (N-methyl/N-ethyl adjacent to an activating group) is 1. The maximum Gasteiger partial charge on any atom is 0.408 e. The average Bonchev–Trinajstić information content (AvgIpc) is 3.72. The predicted molar refractivity (Wildman–Crippen MR) is 243 cm³/mol. The van der Waals surface area contributed by atoms with Gasteiger partial charge in [0.2, 0.25) is 29.5 Å². The lowest BCUT2D eigenvalue weighted by Gasteiger charge is -2.32. The summed E-state index contributed by atoms with van der Waals surface area (Å²) in [5.41, 5.74) is 9.38. The molecule has 16 heteroatoms. The van der Waals surface area contributed by atoms with E-state index in [9.17, 15) is 33.6 Å². The Labute approximate surface area is 378 Å². The summed E-state index contributed by atoms with van der Waals surface area (Å²) in [6, 6.07) is 27.9. The minimum Gasteiger partial charge on any atom is -0.461 e. The van der Waals surface area contributed by atoms with E-state index in [-0.39, 0.29) is 32.5 Å². The van der Waals surface area contributed by atoms with Crippen LogP contribution >= 0.6 is 0 Å². The highest BCUT2D eigenvalue weighted by atomic mass is 16.5. The van der Waals surface area contributed by atoms with Gasteiger partial charge in [0.1, 0.15) is 43.4 Å². The number of aromatic amines is 1. The molecule has 5 rings (SSSR count). The molecule has 16 nitrogen and oxygen atoms in total. The molecule has 0 fully saturated rings. The van der Waals surface area contributed by atoms with Crippen molar-refractivity contribution in [3.05, 3.63) is 144 Å². The molecule has 65 heavy (non-hydrogen) atoms. The van der Waals surface area contributed by atoms with Crippen molar-refractivity contribution in [2.45, 2.75) is 95.8 Å². The van der Waals surface area contributed by atoms with Gasteiger partial charge in [-0.3, -0.25) is 28.8 Å². The summed E-state index contributed by atoms with van der Waals surface area (Å²) in [4.78, 5) is 99.7. The zero-order valence-corrected chi connectivity index (χ0v) is 36.8. The van der Waals surface area contributed by atoms with E-state index in [2.05, 4.69) is 26.3 Å². The van der Waals surface area contributed by atoms with Crippen molar-refractivity contribution < 1.29 is 43.0 Å². The van der Waals surface area contributed by atoms with Crippen LogP contribution in [0.4, 0.5) is 4.79 Å². The number of nitrogens with two attached hydrogens (primary N) is 1. The summed E-state index contributed by atoms with van der Waals surface area (Å²) < 4.78 is 10.8. The van der Waals surface area contributed by atoms with Crippen molar-refractivity contribution in [3.63, 3.8) is 0 Å². The molecule has 4 aromatic carbocycles. The van der Waals surface area contributed by atoms with Gasteiger partial charge in [-0.15, -0.1) is 0 Å². The number of fused-ring (bicyclic) bond motifs is 1. The number of rotatable bonds is 23. The second kappa shape index (κ2) is 24.4. The number of H-pyrrole nitrogens is 1. The number of benzene rings is 4. The van der Waals surface area contributed by atoms with Gasteiger partial charge < -0.3 is 46.4 Å². The van der Waals surface area contributed by atoms with Crippen LogP contribution in [0.5, 0.6) is 0 Å². The molecule has 342 valence electrons. The average molecular weight is 888 g/mol.